The lowest BCUT2D eigenvalue weighted by atomic mass is 10.2. The van der Waals surface area contributed by atoms with Crippen LogP contribution in [-0.4, -0.2) is 18.4 Å². The molecule has 8 heteroatoms. The number of benzene rings is 3. The number of nitrogens with zero attached hydrogens (tertiary/aromatic N) is 2. The highest BCUT2D eigenvalue weighted by Gasteiger charge is 2.43. The van der Waals surface area contributed by atoms with Crippen LogP contribution in [0.2, 0.25) is 15.1 Å². The van der Waals surface area contributed by atoms with E-state index < -0.39 is 11.8 Å². The number of carbonyl (C=O) groups excluding carboxylic acids is 2. The van der Waals surface area contributed by atoms with Crippen molar-refractivity contribution in [2.24, 2.45) is 0 Å². The fourth-order valence-electron chi connectivity index (χ4n) is 3.41. The van der Waals surface area contributed by atoms with E-state index in [9.17, 15) is 9.59 Å². The summed E-state index contributed by atoms with van der Waals surface area (Å²) in [5.41, 5.74) is 1.40. The Labute approximate surface area is 205 Å². The van der Waals surface area contributed by atoms with Crippen molar-refractivity contribution in [3.05, 3.63) is 98.5 Å². The van der Waals surface area contributed by atoms with Gasteiger partial charge in [-0.05, 0) is 61.5 Å². The molecule has 0 radical (unpaired) electrons. The molecule has 162 valence electrons. The molecule has 0 aliphatic carbocycles. The van der Waals surface area contributed by atoms with E-state index >= 15 is 0 Å². The van der Waals surface area contributed by atoms with Crippen molar-refractivity contribution in [2.75, 3.05) is 16.3 Å². The second-order valence-electron chi connectivity index (χ2n) is 6.85. The van der Waals surface area contributed by atoms with Gasteiger partial charge in [-0.15, -0.1) is 0 Å². The summed E-state index contributed by atoms with van der Waals surface area (Å²) >= 11 is 19.6. The Bertz CT molecular complexity index is 1210. The molecule has 2 amide bonds. The molecule has 1 aliphatic heterocycles. The second-order valence-corrected chi connectivity index (χ2v) is 9.22. The fraction of sp³-hybridized carbons (Fsp3) is 0.0833. The van der Waals surface area contributed by atoms with Gasteiger partial charge in [0, 0.05) is 27.2 Å². The molecule has 0 bridgehead atoms. The van der Waals surface area contributed by atoms with Crippen LogP contribution in [0.25, 0.3) is 0 Å². The van der Waals surface area contributed by atoms with Gasteiger partial charge in [-0.25, -0.2) is 4.90 Å². The third kappa shape index (κ3) is 4.39. The molecule has 0 fully saturated rings. The van der Waals surface area contributed by atoms with Crippen LogP contribution in [0.5, 0.6) is 0 Å². The third-order valence-corrected chi connectivity index (χ3v) is 6.73. The zero-order chi connectivity index (χ0) is 22.8. The van der Waals surface area contributed by atoms with Gasteiger partial charge in [0.1, 0.15) is 10.6 Å². The number of carbonyl (C=O) groups is 2. The molecule has 0 aromatic heterocycles. The number of hydrogen-bond donors (Lipinski definition) is 0. The van der Waals surface area contributed by atoms with E-state index in [1.165, 1.54) is 17.8 Å². The predicted molar refractivity (Wildman–Crippen MR) is 133 cm³/mol. The Morgan fingerprint density at radius 3 is 2.12 bits per heavy atom. The van der Waals surface area contributed by atoms with E-state index in [0.717, 1.165) is 15.5 Å². The van der Waals surface area contributed by atoms with Gasteiger partial charge in [0.2, 0.25) is 0 Å². The summed E-state index contributed by atoms with van der Waals surface area (Å²) in [6.07, 6.45) is 0. The van der Waals surface area contributed by atoms with Gasteiger partial charge in [-0.2, -0.15) is 0 Å². The molecule has 4 rings (SSSR count). The molecular weight excluding hydrogens is 487 g/mol. The fourth-order valence-corrected chi connectivity index (χ4v) is 5.01. The maximum absolute atomic E-state index is 13.7. The second kappa shape index (κ2) is 9.59. The largest absolute Gasteiger partial charge is 0.336 e. The maximum atomic E-state index is 13.7. The summed E-state index contributed by atoms with van der Waals surface area (Å²) in [5, 5.41) is 1.23. The Morgan fingerprint density at radius 1 is 0.844 bits per heavy atom. The first-order valence-corrected chi connectivity index (χ1v) is 11.7. The van der Waals surface area contributed by atoms with Crippen LogP contribution in [0.3, 0.4) is 0 Å². The van der Waals surface area contributed by atoms with Gasteiger partial charge in [-0.3, -0.25) is 9.59 Å². The summed E-state index contributed by atoms with van der Waals surface area (Å²) in [7, 11) is 0. The number of thioether (sulfide) groups is 1. The Morgan fingerprint density at radius 2 is 1.50 bits per heavy atom. The van der Waals surface area contributed by atoms with E-state index in [2.05, 4.69) is 0 Å². The van der Waals surface area contributed by atoms with E-state index in [4.69, 9.17) is 34.8 Å². The van der Waals surface area contributed by atoms with E-state index in [-0.39, 0.29) is 5.02 Å². The standard InChI is InChI=1S/C24H17Cl3N2O2S/c1-2-28(17-6-4-3-5-7-17)21-22(32-18-11-8-15(25)9-12-18)24(31)29(23(21)30)20-13-10-16(26)14-19(20)27/h3-14H,2H2,1H3. The van der Waals surface area contributed by atoms with E-state index in [0.29, 0.717) is 32.9 Å². The Kier molecular flexibility index (Phi) is 6.82. The highest BCUT2D eigenvalue weighted by molar-refractivity contribution is 8.04. The van der Waals surface area contributed by atoms with Crippen molar-refractivity contribution in [1.29, 1.82) is 0 Å². The zero-order valence-electron chi connectivity index (χ0n) is 16.9. The monoisotopic (exact) mass is 502 g/mol. The summed E-state index contributed by atoms with van der Waals surface area (Å²) in [6, 6.07) is 21.3. The predicted octanol–water partition coefficient (Wildman–Crippen LogP) is 7.05. The number of rotatable bonds is 6. The van der Waals surface area contributed by atoms with Crippen LogP contribution in [-0.2, 0) is 9.59 Å². The molecule has 3 aromatic carbocycles. The lowest BCUT2D eigenvalue weighted by molar-refractivity contribution is -0.120. The zero-order valence-corrected chi connectivity index (χ0v) is 20.0. The summed E-state index contributed by atoms with van der Waals surface area (Å²) in [6.45, 7) is 2.42. The molecule has 0 spiro atoms. The molecule has 0 saturated heterocycles. The van der Waals surface area contributed by atoms with Gasteiger partial charge >= 0.3 is 0 Å². The number of para-hydroxylation sites is 1. The topological polar surface area (TPSA) is 40.6 Å². The Balaban J connectivity index is 1.84. The first-order chi connectivity index (χ1) is 15.4. The molecule has 3 aromatic rings. The molecule has 32 heavy (non-hydrogen) atoms. The molecule has 1 aliphatic rings. The first kappa shape index (κ1) is 22.7. The molecule has 0 unspecified atom stereocenters. The summed E-state index contributed by atoms with van der Waals surface area (Å²) < 4.78 is 0. The van der Waals surface area contributed by atoms with Crippen LogP contribution in [0.4, 0.5) is 11.4 Å². The van der Waals surface area contributed by atoms with Crippen molar-refractivity contribution >= 4 is 69.8 Å². The number of anilines is 2. The molecule has 0 N–H and O–H groups in total. The van der Waals surface area contributed by atoms with Crippen molar-refractivity contribution < 1.29 is 9.59 Å². The third-order valence-electron chi connectivity index (χ3n) is 4.86. The maximum Gasteiger partial charge on any atom is 0.283 e. The van der Waals surface area contributed by atoms with Crippen LogP contribution < -0.4 is 9.80 Å². The molecule has 4 nitrogen and oxygen atoms in total. The summed E-state index contributed by atoms with van der Waals surface area (Å²) in [5.74, 6) is -0.884. The number of likely N-dealkylation sites (N-methyl/N-ethyl adjacent to an activating group) is 1. The average molecular weight is 504 g/mol. The smallest absolute Gasteiger partial charge is 0.283 e. The van der Waals surface area contributed by atoms with Gasteiger partial charge in [0.15, 0.2) is 0 Å². The number of imide groups is 1. The quantitative estimate of drug-likeness (QED) is 0.338. The minimum Gasteiger partial charge on any atom is -0.336 e. The highest BCUT2D eigenvalue weighted by Crippen LogP contribution is 2.42. The lowest BCUT2D eigenvalue weighted by Gasteiger charge is -2.25. The molecule has 0 atom stereocenters. The van der Waals surface area contributed by atoms with Crippen molar-refractivity contribution in [2.45, 2.75) is 11.8 Å². The van der Waals surface area contributed by atoms with E-state index in [1.54, 1.807) is 24.3 Å². The van der Waals surface area contributed by atoms with Crippen LogP contribution in [0, 0.1) is 0 Å². The molecule has 1 heterocycles. The normalized spacial score (nSPS) is 13.8. The van der Waals surface area contributed by atoms with Gasteiger partial charge in [-0.1, -0.05) is 64.8 Å². The van der Waals surface area contributed by atoms with Crippen molar-refractivity contribution in [3.8, 4) is 0 Å². The minimum atomic E-state index is -0.443. The number of amides is 2. The summed E-state index contributed by atoms with van der Waals surface area (Å²) in [4.78, 5) is 31.3. The van der Waals surface area contributed by atoms with Crippen molar-refractivity contribution in [1.82, 2.24) is 0 Å². The van der Waals surface area contributed by atoms with Gasteiger partial charge in [0.05, 0.1) is 10.7 Å². The SMILES string of the molecule is CCN(C1=C(Sc2ccc(Cl)cc2)C(=O)N(c2ccc(Cl)cc2Cl)C1=O)c1ccccc1. The van der Waals surface area contributed by atoms with Crippen LogP contribution >= 0.6 is 46.6 Å². The Hall–Kier alpha value is -2.44. The average Bonchev–Trinajstić information content (AvgIpc) is 3.01. The first-order valence-electron chi connectivity index (χ1n) is 9.74. The number of hydrogen-bond acceptors (Lipinski definition) is 4. The number of halogens is 3. The molecule has 0 saturated carbocycles. The van der Waals surface area contributed by atoms with Crippen LogP contribution in [0.15, 0.2) is 88.3 Å². The van der Waals surface area contributed by atoms with Crippen molar-refractivity contribution in [3.63, 3.8) is 0 Å². The van der Waals surface area contributed by atoms with Crippen LogP contribution in [0.1, 0.15) is 6.92 Å². The van der Waals surface area contributed by atoms with Gasteiger partial charge in [0.25, 0.3) is 11.8 Å². The van der Waals surface area contributed by atoms with E-state index in [1.807, 2.05) is 54.3 Å². The minimum absolute atomic E-state index is 0.221. The van der Waals surface area contributed by atoms with Gasteiger partial charge < -0.3 is 4.90 Å². The lowest BCUT2D eigenvalue weighted by Crippen LogP contribution is -2.35. The highest BCUT2D eigenvalue weighted by atomic mass is 35.5. The molecular formula is C24H17Cl3N2O2S.